The Morgan fingerprint density at radius 3 is 3.00 bits per heavy atom. The molecule has 0 fully saturated rings. The Kier molecular flexibility index (Phi) is 3.84. The van der Waals surface area contributed by atoms with Crippen LogP contribution in [0.25, 0.3) is 0 Å². The minimum absolute atomic E-state index is 0.197. The van der Waals surface area contributed by atoms with E-state index in [1.807, 2.05) is 6.92 Å². The summed E-state index contributed by atoms with van der Waals surface area (Å²) in [6.45, 7) is 2.35. The zero-order valence-corrected chi connectivity index (χ0v) is 10.8. The maximum Gasteiger partial charge on any atom is 0.326 e. The van der Waals surface area contributed by atoms with Crippen molar-refractivity contribution in [3.8, 4) is 0 Å². The van der Waals surface area contributed by atoms with Gasteiger partial charge in [0.1, 0.15) is 6.04 Å². The number of H-pyrrole nitrogens is 1. The number of amides is 1. The molecule has 1 amide bonds. The van der Waals surface area contributed by atoms with Gasteiger partial charge < -0.3 is 20.7 Å². The summed E-state index contributed by atoms with van der Waals surface area (Å²) in [5.74, 6) is -1.53. The Bertz CT molecular complexity index is 481. The molecule has 1 aliphatic heterocycles. The quantitative estimate of drug-likeness (QED) is 0.694. The van der Waals surface area contributed by atoms with E-state index < -0.39 is 12.0 Å². The number of carboxylic acid groups (broad SMARTS) is 1. The molecular formula is C12H18N4O3. The second-order valence-corrected chi connectivity index (χ2v) is 4.69. The molecule has 2 unspecified atom stereocenters. The van der Waals surface area contributed by atoms with Crippen LogP contribution in [0.2, 0.25) is 0 Å². The first-order valence-corrected chi connectivity index (χ1v) is 6.32. The SMILES string of the molecule is CCC(CN)C(=O)N1Cc2[nH]cnc2CC1C(=O)O. The van der Waals surface area contributed by atoms with Gasteiger partial charge in [0.25, 0.3) is 0 Å². The monoisotopic (exact) mass is 266 g/mol. The molecule has 1 aromatic heterocycles. The van der Waals surface area contributed by atoms with Crippen molar-refractivity contribution in [1.29, 1.82) is 0 Å². The normalized spacial score (nSPS) is 19.9. The van der Waals surface area contributed by atoms with Crippen molar-refractivity contribution in [3.63, 3.8) is 0 Å². The molecular weight excluding hydrogens is 248 g/mol. The highest BCUT2D eigenvalue weighted by molar-refractivity contribution is 5.85. The molecule has 2 rings (SSSR count). The third-order valence-electron chi connectivity index (χ3n) is 3.59. The average molecular weight is 266 g/mol. The largest absolute Gasteiger partial charge is 0.480 e. The number of carbonyl (C=O) groups excluding carboxylic acids is 1. The van der Waals surface area contributed by atoms with Crippen LogP contribution in [-0.2, 0) is 22.6 Å². The van der Waals surface area contributed by atoms with Crippen LogP contribution in [0.5, 0.6) is 0 Å². The Labute approximate surface area is 110 Å². The van der Waals surface area contributed by atoms with Gasteiger partial charge in [-0.2, -0.15) is 0 Å². The Morgan fingerprint density at radius 1 is 1.68 bits per heavy atom. The smallest absolute Gasteiger partial charge is 0.326 e. The minimum atomic E-state index is -1.01. The lowest BCUT2D eigenvalue weighted by Crippen LogP contribution is -2.51. The van der Waals surface area contributed by atoms with Gasteiger partial charge in [-0.1, -0.05) is 6.92 Å². The van der Waals surface area contributed by atoms with E-state index in [2.05, 4.69) is 9.97 Å². The summed E-state index contributed by atoms with van der Waals surface area (Å²) in [7, 11) is 0. The van der Waals surface area contributed by atoms with Crippen molar-refractivity contribution in [3.05, 3.63) is 17.7 Å². The van der Waals surface area contributed by atoms with E-state index in [0.717, 1.165) is 11.4 Å². The maximum absolute atomic E-state index is 12.4. The van der Waals surface area contributed by atoms with Crippen molar-refractivity contribution in [2.75, 3.05) is 6.54 Å². The number of nitrogens with zero attached hydrogens (tertiary/aromatic N) is 2. The van der Waals surface area contributed by atoms with Gasteiger partial charge in [0.2, 0.25) is 5.91 Å². The van der Waals surface area contributed by atoms with E-state index in [1.54, 1.807) is 0 Å². The first kappa shape index (κ1) is 13.5. The summed E-state index contributed by atoms with van der Waals surface area (Å²) in [4.78, 5) is 32.1. The number of carboxylic acids is 1. The van der Waals surface area contributed by atoms with E-state index >= 15 is 0 Å². The Hall–Kier alpha value is -1.89. The maximum atomic E-state index is 12.4. The highest BCUT2D eigenvalue weighted by Crippen LogP contribution is 2.23. The van der Waals surface area contributed by atoms with Crippen molar-refractivity contribution in [2.24, 2.45) is 11.7 Å². The lowest BCUT2D eigenvalue weighted by molar-refractivity contribution is -0.153. The van der Waals surface area contributed by atoms with Gasteiger partial charge in [-0.25, -0.2) is 9.78 Å². The lowest BCUT2D eigenvalue weighted by atomic mass is 9.98. The summed E-state index contributed by atoms with van der Waals surface area (Å²) in [5, 5.41) is 9.28. The molecule has 0 saturated carbocycles. The number of aromatic amines is 1. The molecule has 7 nitrogen and oxygen atoms in total. The first-order chi connectivity index (χ1) is 9.08. The van der Waals surface area contributed by atoms with E-state index in [9.17, 15) is 14.7 Å². The van der Waals surface area contributed by atoms with E-state index in [0.29, 0.717) is 6.42 Å². The van der Waals surface area contributed by atoms with Crippen LogP contribution in [0.3, 0.4) is 0 Å². The zero-order chi connectivity index (χ0) is 14.0. The molecule has 2 heterocycles. The molecule has 19 heavy (non-hydrogen) atoms. The van der Waals surface area contributed by atoms with Crippen molar-refractivity contribution < 1.29 is 14.7 Å². The number of fused-ring (bicyclic) bond motifs is 1. The van der Waals surface area contributed by atoms with Crippen LogP contribution in [-0.4, -0.2) is 44.4 Å². The van der Waals surface area contributed by atoms with Gasteiger partial charge >= 0.3 is 5.97 Å². The second kappa shape index (κ2) is 5.40. The first-order valence-electron chi connectivity index (χ1n) is 6.32. The van der Waals surface area contributed by atoms with Crippen LogP contribution in [0.15, 0.2) is 6.33 Å². The molecule has 2 atom stereocenters. The summed E-state index contributed by atoms with van der Waals surface area (Å²) >= 11 is 0. The average Bonchev–Trinajstić information content (AvgIpc) is 2.85. The van der Waals surface area contributed by atoms with E-state index in [1.165, 1.54) is 11.2 Å². The third kappa shape index (κ3) is 2.46. The molecule has 0 radical (unpaired) electrons. The highest BCUT2D eigenvalue weighted by Gasteiger charge is 2.37. The zero-order valence-electron chi connectivity index (χ0n) is 10.8. The molecule has 1 aliphatic rings. The van der Waals surface area contributed by atoms with Gasteiger partial charge in [0, 0.05) is 13.0 Å². The summed E-state index contributed by atoms with van der Waals surface area (Å²) < 4.78 is 0. The standard InChI is InChI=1S/C12H18N4O3/c1-2-7(4-13)11(17)16-5-9-8(14-6-15-9)3-10(16)12(18)19/h6-7,10H,2-5,13H2,1H3,(H,14,15)(H,18,19). The molecule has 4 N–H and O–H groups in total. The number of rotatable bonds is 4. The number of nitrogens with one attached hydrogen (secondary N) is 1. The summed E-state index contributed by atoms with van der Waals surface area (Å²) in [5.41, 5.74) is 7.10. The minimum Gasteiger partial charge on any atom is -0.480 e. The van der Waals surface area contributed by atoms with Gasteiger partial charge in [0.15, 0.2) is 0 Å². The van der Waals surface area contributed by atoms with Crippen LogP contribution < -0.4 is 5.73 Å². The fourth-order valence-corrected chi connectivity index (χ4v) is 2.36. The number of hydrogen-bond acceptors (Lipinski definition) is 4. The van der Waals surface area contributed by atoms with Crippen molar-refractivity contribution in [1.82, 2.24) is 14.9 Å². The van der Waals surface area contributed by atoms with E-state index in [-0.39, 0.29) is 31.3 Å². The molecule has 104 valence electrons. The number of aromatic nitrogens is 2. The Balaban J connectivity index is 2.27. The van der Waals surface area contributed by atoms with Crippen LogP contribution in [0.1, 0.15) is 24.7 Å². The second-order valence-electron chi connectivity index (χ2n) is 4.69. The number of imidazole rings is 1. The van der Waals surface area contributed by atoms with Gasteiger partial charge in [-0.05, 0) is 6.42 Å². The van der Waals surface area contributed by atoms with Crippen LogP contribution in [0.4, 0.5) is 0 Å². The van der Waals surface area contributed by atoms with Crippen molar-refractivity contribution >= 4 is 11.9 Å². The van der Waals surface area contributed by atoms with Crippen LogP contribution in [0, 0.1) is 5.92 Å². The summed E-state index contributed by atoms with van der Waals surface area (Å²) in [6.07, 6.45) is 2.37. The molecule has 0 saturated heterocycles. The van der Waals surface area contributed by atoms with Gasteiger partial charge in [-0.3, -0.25) is 4.79 Å². The molecule has 0 bridgehead atoms. The number of aliphatic carboxylic acids is 1. The summed E-state index contributed by atoms with van der Waals surface area (Å²) in [6, 6.07) is -0.858. The predicted molar refractivity (Wildman–Crippen MR) is 67.1 cm³/mol. The van der Waals surface area contributed by atoms with E-state index in [4.69, 9.17) is 5.73 Å². The molecule has 1 aromatic rings. The Morgan fingerprint density at radius 2 is 2.42 bits per heavy atom. The van der Waals surface area contributed by atoms with Crippen LogP contribution >= 0.6 is 0 Å². The highest BCUT2D eigenvalue weighted by atomic mass is 16.4. The number of carbonyl (C=O) groups is 2. The fraction of sp³-hybridized carbons (Fsp3) is 0.583. The fourth-order valence-electron chi connectivity index (χ4n) is 2.36. The molecule has 7 heteroatoms. The van der Waals surface area contributed by atoms with Gasteiger partial charge in [0.05, 0.1) is 30.2 Å². The molecule has 0 spiro atoms. The lowest BCUT2D eigenvalue weighted by Gasteiger charge is -2.34. The molecule has 0 aliphatic carbocycles. The molecule has 0 aromatic carbocycles. The number of hydrogen-bond donors (Lipinski definition) is 3. The van der Waals surface area contributed by atoms with Gasteiger partial charge in [-0.15, -0.1) is 0 Å². The van der Waals surface area contributed by atoms with Crippen molar-refractivity contribution in [2.45, 2.75) is 32.4 Å². The predicted octanol–water partition coefficient (Wildman–Crippen LogP) is -0.267. The topological polar surface area (TPSA) is 112 Å². The third-order valence-corrected chi connectivity index (χ3v) is 3.59. The number of nitrogens with two attached hydrogens (primary N) is 1.